The Bertz CT molecular complexity index is 404. The molecule has 0 bridgehead atoms. The van der Waals surface area contributed by atoms with Crippen molar-refractivity contribution < 1.29 is 14.3 Å². The summed E-state index contributed by atoms with van der Waals surface area (Å²) in [5.41, 5.74) is 2.86. The molecule has 0 aromatic carbocycles. The van der Waals surface area contributed by atoms with Crippen LogP contribution in [0, 0.1) is 13.8 Å². The number of carbonyl (C=O) groups excluding carboxylic acids is 2. The highest BCUT2D eigenvalue weighted by atomic mass is 16.5. The van der Waals surface area contributed by atoms with E-state index in [4.69, 9.17) is 4.74 Å². The summed E-state index contributed by atoms with van der Waals surface area (Å²) in [6.45, 7) is 5.76. The average molecular weight is 235 g/mol. The van der Waals surface area contributed by atoms with Crippen molar-refractivity contribution >= 4 is 12.3 Å². The van der Waals surface area contributed by atoms with Crippen LogP contribution in [0.4, 0.5) is 0 Å². The molecule has 0 aliphatic carbocycles. The fourth-order valence-electron chi connectivity index (χ4n) is 1.76. The molecule has 1 heterocycles. The molecule has 17 heavy (non-hydrogen) atoms. The number of aryl methyl sites for hydroxylation is 3. The summed E-state index contributed by atoms with van der Waals surface area (Å²) < 4.78 is 4.98. The minimum Gasteiger partial charge on any atom is -0.462 e. The van der Waals surface area contributed by atoms with E-state index in [0.29, 0.717) is 30.7 Å². The zero-order chi connectivity index (χ0) is 12.8. The lowest BCUT2D eigenvalue weighted by Crippen LogP contribution is -2.11. The third-order valence-corrected chi connectivity index (χ3v) is 2.45. The van der Waals surface area contributed by atoms with Gasteiger partial charge in [-0.25, -0.2) is 4.79 Å². The molecular weight excluding hydrogens is 218 g/mol. The molecule has 0 aliphatic heterocycles. The van der Waals surface area contributed by atoms with Gasteiger partial charge in [-0.05, 0) is 38.8 Å². The van der Waals surface area contributed by atoms with Gasteiger partial charge in [-0.1, -0.05) is 0 Å². The van der Waals surface area contributed by atoms with E-state index in [1.165, 1.54) is 0 Å². The first-order valence-electron chi connectivity index (χ1n) is 5.68. The van der Waals surface area contributed by atoms with Crippen molar-refractivity contribution in [2.24, 2.45) is 0 Å². The van der Waals surface area contributed by atoms with E-state index in [2.05, 4.69) is 4.98 Å². The quantitative estimate of drug-likeness (QED) is 0.578. The molecule has 0 amide bonds. The monoisotopic (exact) mass is 235 g/mol. The zero-order valence-electron chi connectivity index (χ0n) is 10.4. The largest absolute Gasteiger partial charge is 0.462 e. The van der Waals surface area contributed by atoms with Crippen molar-refractivity contribution in [1.82, 2.24) is 4.98 Å². The molecule has 0 saturated heterocycles. The van der Waals surface area contributed by atoms with Gasteiger partial charge in [0.1, 0.15) is 6.29 Å². The van der Waals surface area contributed by atoms with Crippen LogP contribution in [0.2, 0.25) is 0 Å². The predicted molar refractivity (Wildman–Crippen MR) is 64.1 cm³/mol. The van der Waals surface area contributed by atoms with Crippen LogP contribution in [-0.2, 0) is 16.0 Å². The Morgan fingerprint density at radius 2 is 2.18 bits per heavy atom. The summed E-state index contributed by atoms with van der Waals surface area (Å²) in [6, 6.07) is 1.84. The molecule has 1 aromatic rings. The number of ether oxygens (including phenoxy) is 1. The van der Waals surface area contributed by atoms with Crippen LogP contribution in [0.15, 0.2) is 6.07 Å². The van der Waals surface area contributed by atoms with Gasteiger partial charge in [0.25, 0.3) is 0 Å². The molecular formula is C13H17NO3. The summed E-state index contributed by atoms with van der Waals surface area (Å²) in [7, 11) is 0. The van der Waals surface area contributed by atoms with Crippen LogP contribution >= 0.6 is 0 Å². The third kappa shape index (κ3) is 3.37. The normalized spacial score (nSPS) is 10.1. The second-order valence-corrected chi connectivity index (χ2v) is 3.82. The molecule has 1 aromatic heterocycles. The van der Waals surface area contributed by atoms with Gasteiger partial charge >= 0.3 is 5.97 Å². The molecule has 0 atom stereocenters. The standard InChI is InChI=1S/C13H17NO3/c1-4-17-13(16)12-9(2)8-11(6-5-7-15)14-10(12)3/h7-8H,4-6H2,1-3H3. The lowest BCUT2D eigenvalue weighted by atomic mass is 10.1. The second-order valence-electron chi connectivity index (χ2n) is 3.82. The average Bonchev–Trinajstić information content (AvgIpc) is 2.25. The van der Waals surface area contributed by atoms with E-state index in [1.54, 1.807) is 13.8 Å². The Kier molecular flexibility index (Phi) is 4.82. The molecule has 4 nitrogen and oxygen atoms in total. The second kappa shape index (κ2) is 6.13. The number of hydrogen-bond donors (Lipinski definition) is 0. The Morgan fingerprint density at radius 3 is 2.71 bits per heavy atom. The van der Waals surface area contributed by atoms with Crippen molar-refractivity contribution in [2.45, 2.75) is 33.6 Å². The Balaban J connectivity index is 3.01. The summed E-state index contributed by atoms with van der Waals surface area (Å²) in [5.74, 6) is -0.336. The first-order chi connectivity index (χ1) is 8.10. The maximum absolute atomic E-state index is 11.7. The zero-order valence-corrected chi connectivity index (χ0v) is 10.4. The summed E-state index contributed by atoms with van der Waals surface area (Å²) >= 11 is 0. The Morgan fingerprint density at radius 1 is 1.47 bits per heavy atom. The molecule has 0 radical (unpaired) electrons. The molecule has 0 aliphatic rings. The summed E-state index contributed by atoms with van der Waals surface area (Å²) in [4.78, 5) is 26.3. The van der Waals surface area contributed by atoms with E-state index in [1.807, 2.05) is 13.0 Å². The van der Waals surface area contributed by atoms with Crippen LogP contribution in [0.25, 0.3) is 0 Å². The van der Waals surface area contributed by atoms with E-state index in [-0.39, 0.29) is 5.97 Å². The van der Waals surface area contributed by atoms with Crippen molar-refractivity contribution in [2.75, 3.05) is 6.61 Å². The highest BCUT2D eigenvalue weighted by molar-refractivity contribution is 5.92. The Labute approximate surface area is 101 Å². The number of carbonyl (C=O) groups is 2. The van der Waals surface area contributed by atoms with Crippen molar-refractivity contribution in [3.63, 3.8) is 0 Å². The van der Waals surface area contributed by atoms with Gasteiger partial charge in [-0.15, -0.1) is 0 Å². The molecule has 0 fully saturated rings. The predicted octanol–water partition coefficient (Wildman–Crippen LogP) is 2.01. The fourth-order valence-corrected chi connectivity index (χ4v) is 1.76. The SMILES string of the molecule is CCOC(=O)c1c(C)cc(CCC=O)nc1C. The van der Waals surface area contributed by atoms with E-state index in [0.717, 1.165) is 17.5 Å². The minimum absolute atomic E-state index is 0.336. The molecule has 0 saturated carbocycles. The van der Waals surface area contributed by atoms with Gasteiger partial charge < -0.3 is 9.53 Å². The van der Waals surface area contributed by atoms with Gasteiger partial charge in [-0.2, -0.15) is 0 Å². The molecule has 0 spiro atoms. The number of aldehydes is 1. The topological polar surface area (TPSA) is 56.3 Å². The summed E-state index contributed by atoms with van der Waals surface area (Å²) in [5, 5.41) is 0. The highest BCUT2D eigenvalue weighted by Crippen LogP contribution is 2.15. The Hall–Kier alpha value is -1.71. The fraction of sp³-hybridized carbons (Fsp3) is 0.462. The van der Waals surface area contributed by atoms with E-state index < -0.39 is 0 Å². The van der Waals surface area contributed by atoms with Gasteiger partial charge in [0, 0.05) is 12.1 Å². The van der Waals surface area contributed by atoms with Crippen LogP contribution < -0.4 is 0 Å². The lowest BCUT2D eigenvalue weighted by molar-refractivity contribution is -0.107. The molecule has 1 rings (SSSR count). The van der Waals surface area contributed by atoms with Crippen molar-refractivity contribution in [3.05, 3.63) is 28.6 Å². The number of esters is 1. The maximum Gasteiger partial charge on any atom is 0.340 e. The molecule has 92 valence electrons. The first-order valence-corrected chi connectivity index (χ1v) is 5.68. The van der Waals surface area contributed by atoms with E-state index in [9.17, 15) is 9.59 Å². The van der Waals surface area contributed by atoms with Gasteiger partial charge in [0.15, 0.2) is 0 Å². The number of hydrogen-bond acceptors (Lipinski definition) is 4. The van der Waals surface area contributed by atoms with Gasteiger partial charge in [0.05, 0.1) is 17.9 Å². The smallest absolute Gasteiger partial charge is 0.340 e. The first kappa shape index (κ1) is 13.4. The molecule has 0 unspecified atom stereocenters. The molecule has 0 N–H and O–H groups in total. The van der Waals surface area contributed by atoms with Gasteiger partial charge in [-0.3, -0.25) is 4.98 Å². The number of rotatable bonds is 5. The van der Waals surface area contributed by atoms with Crippen LogP contribution in [0.1, 0.15) is 40.7 Å². The van der Waals surface area contributed by atoms with Gasteiger partial charge in [0.2, 0.25) is 0 Å². The van der Waals surface area contributed by atoms with Crippen LogP contribution in [0.3, 0.4) is 0 Å². The van der Waals surface area contributed by atoms with E-state index >= 15 is 0 Å². The molecule has 4 heteroatoms. The number of nitrogens with zero attached hydrogens (tertiary/aromatic N) is 1. The van der Waals surface area contributed by atoms with Crippen LogP contribution in [-0.4, -0.2) is 23.8 Å². The summed E-state index contributed by atoms with van der Waals surface area (Å²) in [6.07, 6.45) is 1.92. The number of pyridine rings is 1. The van der Waals surface area contributed by atoms with Crippen molar-refractivity contribution in [3.8, 4) is 0 Å². The third-order valence-electron chi connectivity index (χ3n) is 2.45. The maximum atomic E-state index is 11.7. The van der Waals surface area contributed by atoms with Crippen molar-refractivity contribution in [1.29, 1.82) is 0 Å². The highest BCUT2D eigenvalue weighted by Gasteiger charge is 2.15. The minimum atomic E-state index is -0.336. The van der Waals surface area contributed by atoms with Crippen LogP contribution in [0.5, 0.6) is 0 Å². The number of aromatic nitrogens is 1. The lowest BCUT2D eigenvalue weighted by Gasteiger charge is -2.10.